The molecule has 0 heterocycles. The third-order valence-electron chi connectivity index (χ3n) is 2.50. The Hall–Kier alpha value is -1.28. The second-order valence-corrected chi connectivity index (χ2v) is 3.92. The average molecular weight is 219 g/mol. The maximum atomic E-state index is 5.65. The van der Waals surface area contributed by atoms with Crippen molar-refractivity contribution in [2.75, 3.05) is 13.2 Å². The first-order valence-corrected chi connectivity index (χ1v) is 5.76. The van der Waals surface area contributed by atoms with Crippen molar-refractivity contribution in [3.05, 3.63) is 42.0 Å². The quantitative estimate of drug-likeness (QED) is 0.742. The maximum absolute atomic E-state index is 5.65. The van der Waals surface area contributed by atoms with Gasteiger partial charge in [-0.25, -0.2) is 0 Å². The van der Waals surface area contributed by atoms with Crippen LogP contribution in [0.25, 0.3) is 0 Å². The number of aryl methyl sites for hydroxylation is 1. The molecule has 0 saturated heterocycles. The highest BCUT2D eigenvalue weighted by Crippen LogP contribution is 2.26. The summed E-state index contributed by atoms with van der Waals surface area (Å²) in [6, 6.07) is 6.58. The number of nitrogens with one attached hydrogen (secondary N) is 1. The molecule has 0 aliphatic rings. The van der Waals surface area contributed by atoms with Crippen LogP contribution in [-0.2, 0) is 0 Å². The third kappa shape index (κ3) is 3.38. The molecule has 0 fully saturated rings. The van der Waals surface area contributed by atoms with Crippen molar-refractivity contribution in [2.45, 2.75) is 26.8 Å². The predicted molar refractivity (Wildman–Crippen MR) is 69.0 cm³/mol. The molecule has 2 heteroatoms. The Kier molecular flexibility index (Phi) is 5.06. The Bertz CT molecular complexity index is 347. The lowest BCUT2D eigenvalue weighted by Gasteiger charge is -2.17. The standard InChI is InChI=1S/C14H21NO/c1-5-9-16-14-8-7-11(3)10-13(14)12(4)15-6-2/h5,7-8,10,12,15H,1,6,9H2,2-4H3. The van der Waals surface area contributed by atoms with Gasteiger partial charge in [-0.2, -0.15) is 0 Å². The summed E-state index contributed by atoms with van der Waals surface area (Å²) in [6.45, 7) is 11.5. The molecule has 0 spiro atoms. The zero-order chi connectivity index (χ0) is 12.0. The van der Waals surface area contributed by atoms with Crippen LogP contribution in [-0.4, -0.2) is 13.2 Å². The summed E-state index contributed by atoms with van der Waals surface area (Å²) in [7, 11) is 0. The van der Waals surface area contributed by atoms with Gasteiger partial charge in [0.25, 0.3) is 0 Å². The highest BCUT2D eigenvalue weighted by molar-refractivity contribution is 5.39. The fourth-order valence-corrected chi connectivity index (χ4v) is 1.70. The summed E-state index contributed by atoms with van der Waals surface area (Å²) in [5.41, 5.74) is 2.47. The van der Waals surface area contributed by atoms with Crippen LogP contribution in [0.2, 0.25) is 0 Å². The molecule has 1 atom stereocenters. The zero-order valence-corrected chi connectivity index (χ0v) is 10.4. The van der Waals surface area contributed by atoms with Crippen LogP contribution in [0, 0.1) is 6.92 Å². The van der Waals surface area contributed by atoms with Gasteiger partial charge in [-0.1, -0.05) is 37.3 Å². The maximum Gasteiger partial charge on any atom is 0.124 e. The summed E-state index contributed by atoms with van der Waals surface area (Å²) >= 11 is 0. The lowest BCUT2D eigenvalue weighted by atomic mass is 10.0. The first kappa shape index (κ1) is 12.8. The van der Waals surface area contributed by atoms with Crippen molar-refractivity contribution in [1.29, 1.82) is 0 Å². The normalized spacial score (nSPS) is 12.2. The minimum atomic E-state index is 0.310. The highest BCUT2D eigenvalue weighted by atomic mass is 16.5. The summed E-state index contributed by atoms with van der Waals surface area (Å²) in [5, 5.41) is 3.40. The molecule has 1 N–H and O–H groups in total. The van der Waals surface area contributed by atoms with Gasteiger partial charge in [0, 0.05) is 11.6 Å². The molecule has 0 radical (unpaired) electrons. The summed E-state index contributed by atoms with van der Waals surface area (Å²) in [4.78, 5) is 0. The minimum absolute atomic E-state index is 0.310. The molecule has 0 saturated carbocycles. The number of hydrogen-bond donors (Lipinski definition) is 1. The Balaban J connectivity index is 2.92. The van der Waals surface area contributed by atoms with Crippen LogP contribution in [0.15, 0.2) is 30.9 Å². The second kappa shape index (κ2) is 6.33. The summed E-state index contributed by atoms with van der Waals surface area (Å²) in [6.07, 6.45) is 1.77. The molecule has 0 aliphatic carbocycles. The lowest BCUT2D eigenvalue weighted by Crippen LogP contribution is -2.18. The zero-order valence-electron chi connectivity index (χ0n) is 10.4. The van der Waals surface area contributed by atoms with E-state index in [9.17, 15) is 0 Å². The summed E-state index contributed by atoms with van der Waals surface area (Å²) in [5.74, 6) is 0.943. The van der Waals surface area contributed by atoms with Gasteiger partial charge in [0.2, 0.25) is 0 Å². The Labute approximate surface area is 98.3 Å². The van der Waals surface area contributed by atoms with E-state index in [1.54, 1.807) is 6.08 Å². The van der Waals surface area contributed by atoms with E-state index in [-0.39, 0.29) is 0 Å². The van der Waals surface area contributed by atoms with E-state index in [0.717, 1.165) is 12.3 Å². The van der Waals surface area contributed by atoms with Crippen molar-refractivity contribution in [1.82, 2.24) is 5.32 Å². The molecule has 1 unspecified atom stereocenters. The van der Waals surface area contributed by atoms with E-state index in [0.29, 0.717) is 12.6 Å². The van der Waals surface area contributed by atoms with Gasteiger partial charge < -0.3 is 10.1 Å². The SMILES string of the molecule is C=CCOc1ccc(C)cc1C(C)NCC. The number of benzene rings is 1. The third-order valence-corrected chi connectivity index (χ3v) is 2.50. The van der Waals surface area contributed by atoms with Crippen molar-refractivity contribution < 1.29 is 4.74 Å². The first-order chi connectivity index (χ1) is 7.69. The molecular formula is C14H21NO. The molecule has 0 bridgehead atoms. The van der Waals surface area contributed by atoms with E-state index in [4.69, 9.17) is 4.74 Å². The monoisotopic (exact) mass is 219 g/mol. The van der Waals surface area contributed by atoms with E-state index in [2.05, 4.69) is 44.8 Å². The van der Waals surface area contributed by atoms with Crippen LogP contribution in [0.5, 0.6) is 5.75 Å². The van der Waals surface area contributed by atoms with Crippen molar-refractivity contribution in [3.8, 4) is 5.75 Å². The fourth-order valence-electron chi connectivity index (χ4n) is 1.70. The molecule has 0 amide bonds. The molecule has 1 rings (SSSR count). The van der Waals surface area contributed by atoms with Gasteiger partial charge in [-0.15, -0.1) is 0 Å². The van der Waals surface area contributed by atoms with Crippen molar-refractivity contribution in [2.24, 2.45) is 0 Å². The highest BCUT2D eigenvalue weighted by Gasteiger charge is 2.10. The summed E-state index contributed by atoms with van der Waals surface area (Å²) < 4.78 is 5.65. The Morgan fingerprint density at radius 3 is 2.88 bits per heavy atom. The molecule has 16 heavy (non-hydrogen) atoms. The van der Waals surface area contributed by atoms with Gasteiger partial charge in [0.1, 0.15) is 12.4 Å². The van der Waals surface area contributed by atoms with Gasteiger partial charge in [-0.3, -0.25) is 0 Å². The lowest BCUT2D eigenvalue weighted by molar-refractivity contribution is 0.354. The molecular weight excluding hydrogens is 198 g/mol. The van der Waals surface area contributed by atoms with Gasteiger partial charge in [0.15, 0.2) is 0 Å². The van der Waals surface area contributed by atoms with E-state index < -0.39 is 0 Å². The van der Waals surface area contributed by atoms with Crippen molar-refractivity contribution >= 4 is 0 Å². The Morgan fingerprint density at radius 2 is 2.25 bits per heavy atom. The van der Waals surface area contributed by atoms with Crippen LogP contribution < -0.4 is 10.1 Å². The number of rotatable bonds is 6. The first-order valence-electron chi connectivity index (χ1n) is 5.76. The minimum Gasteiger partial charge on any atom is -0.489 e. The largest absolute Gasteiger partial charge is 0.489 e. The smallest absolute Gasteiger partial charge is 0.124 e. The molecule has 0 aromatic heterocycles. The molecule has 2 nitrogen and oxygen atoms in total. The fraction of sp³-hybridized carbons (Fsp3) is 0.429. The average Bonchev–Trinajstić information content (AvgIpc) is 2.27. The Morgan fingerprint density at radius 1 is 1.50 bits per heavy atom. The number of ether oxygens (including phenoxy) is 1. The van der Waals surface area contributed by atoms with Crippen LogP contribution in [0.4, 0.5) is 0 Å². The van der Waals surface area contributed by atoms with Gasteiger partial charge in [0.05, 0.1) is 0 Å². The van der Waals surface area contributed by atoms with Crippen LogP contribution in [0.1, 0.15) is 31.0 Å². The molecule has 0 aliphatic heterocycles. The second-order valence-electron chi connectivity index (χ2n) is 3.92. The van der Waals surface area contributed by atoms with E-state index >= 15 is 0 Å². The number of hydrogen-bond acceptors (Lipinski definition) is 2. The van der Waals surface area contributed by atoms with Crippen LogP contribution in [0.3, 0.4) is 0 Å². The van der Waals surface area contributed by atoms with Crippen molar-refractivity contribution in [3.63, 3.8) is 0 Å². The van der Waals surface area contributed by atoms with Gasteiger partial charge >= 0.3 is 0 Å². The van der Waals surface area contributed by atoms with E-state index in [1.807, 2.05) is 6.07 Å². The molecule has 1 aromatic carbocycles. The topological polar surface area (TPSA) is 21.3 Å². The van der Waals surface area contributed by atoms with Gasteiger partial charge in [-0.05, 0) is 26.5 Å². The van der Waals surface area contributed by atoms with Crippen LogP contribution >= 0.6 is 0 Å². The van der Waals surface area contributed by atoms with E-state index in [1.165, 1.54) is 11.1 Å². The molecule has 1 aromatic rings. The molecule has 88 valence electrons. The predicted octanol–water partition coefficient (Wildman–Crippen LogP) is 3.23.